The Balaban J connectivity index is 1.93. The van der Waals surface area contributed by atoms with Gasteiger partial charge in [-0.25, -0.2) is 4.98 Å². The van der Waals surface area contributed by atoms with Crippen LogP contribution in [-0.4, -0.2) is 50.7 Å². The lowest BCUT2D eigenvalue weighted by molar-refractivity contribution is 0.217. The van der Waals surface area contributed by atoms with Crippen LogP contribution in [0.2, 0.25) is 0 Å². The molecule has 1 saturated heterocycles. The highest BCUT2D eigenvalue weighted by Gasteiger charge is 2.17. The van der Waals surface area contributed by atoms with Crippen molar-refractivity contribution in [2.24, 2.45) is 5.92 Å². The van der Waals surface area contributed by atoms with Gasteiger partial charge in [-0.05, 0) is 44.5 Å². The van der Waals surface area contributed by atoms with Crippen LogP contribution >= 0.6 is 0 Å². The zero-order chi connectivity index (χ0) is 13.0. The van der Waals surface area contributed by atoms with E-state index < -0.39 is 0 Å². The second-order valence-electron chi connectivity index (χ2n) is 5.42. The molecule has 2 heterocycles. The molecule has 0 radical (unpaired) electrons. The van der Waals surface area contributed by atoms with Crippen LogP contribution in [-0.2, 0) is 0 Å². The Bertz CT molecular complexity index is 378. The first-order chi connectivity index (χ1) is 8.66. The topological polar surface area (TPSA) is 31.4 Å². The van der Waals surface area contributed by atoms with Crippen molar-refractivity contribution in [3.05, 3.63) is 18.3 Å². The van der Waals surface area contributed by atoms with E-state index >= 15 is 0 Å². The predicted octanol–water partition coefficient (Wildman–Crippen LogP) is 1.90. The molecule has 1 aliphatic rings. The maximum atomic E-state index is 4.41. The van der Waals surface area contributed by atoms with Gasteiger partial charge in [-0.3, -0.25) is 0 Å². The van der Waals surface area contributed by atoms with E-state index in [1.807, 2.05) is 26.4 Å². The van der Waals surface area contributed by atoms with Gasteiger partial charge in [0.05, 0.1) is 5.69 Å². The summed E-state index contributed by atoms with van der Waals surface area (Å²) in [6.45, 7) is 3.48. The highest BCUT2D eigenvalue weighted by Crippen LogP contribution is 2.22. The molecule has 1 aromatic heterocycles. The number of likely N-dealkylation sites (tertiary alicyclic amines) is 1. The van der Waals surface area contributed by atoms with Crippen LogP contribution in [0, 0.1) is 5.92 Å². The Morgan fingerprint density at radius 3 is 3.06 bits per heavy atom. The molecule has 0 spiro atoms. The fraction of sp³-hybridized carbons (Fsp3) is 0.643. The van der Waals surface area contributed by atoms with Crippen molar-refractivity contribution < 1.29 is 0 Å². The van der Waals surface area contributed by atoms with Crippen LogP contribution in [0.25, 0.3) is 0 Å². The number of nitrogens with one attached hydrogen (secondary N) is 1. The molecular weight excluding hydrogens is 224 g/mol. The summed E-state index contributed by atoms with van der Waals surface area (Å²) in [6.07, 6.45) is 4.49. The molecule has 1 atom stereocenters. The number of hydrogen-bond donors (Lipinski definition) is 1. The van der Waals surface area contributed by atoms with Crippen molar-refractivity contribution in [1.29, 1.82) is 0 Å². The number of anilines is 2. The third-order valence-electron chi connectivity index (χ3n) is 3.51. The molecule has 0 aromatic carbocycles. The molecule has 0 amide bonds. The number of piperidine rings is 1. The Labute approximate surface area is 110 Å². The molecule has 1 unspecified atom stereocenters. The molecule has 1 fully saturated rings. The summed E-state index contributed by atoms with van der Waals surface area (Å²) in [7, 11) is 6.27. The highest BCUT2D eigenvalue weighted by atomic mass is 15.2. The van der Waals surface area contributed by atoms with Gasteiger partial charge in [0.2, 0.25) is 0 Å². The van der Waals surface area contributed by atoms with E-state index in [0.29, 0.717) is 0 Å². The van der Waals surface area contributed by atoms with Gasteiger partial charge in [-0.2, -0.15) is 0 Å². The van der Waals surface area contributed by atoms with Crippen molar-refractivity contribution in [3.63, 3.8) is 0 Å². The van der Waals surface area contributed by atoms with Crippen molar-refractivity contribution >= 4 is 11.5 Å². The summed E-state index contributed by atoms with van der Waals surface area (Å²) in [5.74, 6) is 1.76. The van der Waals surface area contributed by atoms with E-state index in [-0.39, 0.29) is 0 Å². The second-order valence-corrected chi connectivity index (χ2v) is 5.42. The minimum atomic E-state index is 0.749. The van der Waals surface area contributed by atoms with Crippen molar-refractivity contribution in [3.8, 4) is 0 Å². The summed E-state index contributed by atoms with van der Waals surface area (Å²) in [5, 5.41) is 3.55. The average molecular weight is 248 g/mol. The predicted molar refractivity (Wildman–Crippen MR) is 77.3 cm³/mol. The Morgan fingerprint density at radius 2 is 2.33 bits per heavy atom. The summed E-state index contributed by atoms with van der Waals surface area (Å²) < 4.78 is 0. The molecule has 1 aliphatic heterocycles. The Morgan fingerprint density at radius 1 is 1.50 bits per heavy atom. The minimum Gasteiger partial charge on any atom is -0.382 e. The van der Waals surface area contributed by atoms with Gasteiger partial charge in [0.25, 0.3) is 0 Å². The van der Waals surface area contributed by atoms with Crippen molar-refractivity contribution in [1.82, 2.24) is 9.88 Å². The standard InChI is InChI=1S/C14H24N4/c1-17(2)14-13(7-4-8-15-14)16-10-12-6-5-9-18(3)11-12/h4,7-8,12,16H,5-6,9-11H2,1-3H3. The van der Waals surface area contributed by atoms with Crippen LogP contribution in [0.15, 0.2) is 18.3 Å². The number of pyridine rings is 1. The minimum absolute atomic E-state index is 0.749. The van der Waals surface area contributed by atoms with Crippen LogP contribution in [0.3, 0.4) is 0 Å². The molecule has 0 bridgehead atoms. The maximum absolute atomic E-state index is 4.41. The van der Waals surface area contributed by atoms with Gasteiger partial charge in [-0.15, -0.1) is 0 Å². The molecule has 0 aliphatic carbocycles. The first kappa shape index (κ1) is 13.1. The zero-order valence-electron chi connectivity index (χ0n) is 11.7. The molecule has 100 valence electrons. The van der Waals surface area contributed by atoms with E-state index in [0.717, 1.165) is 24.0 Å². The quantitative estimate of drug-likeness (QED) is 0.882. The summed E-state index contributed by atoms with van der Waals surface area (Å²) >= 11 is 0. The lowest BCUT2D eigenvalue weighted by Gasteiger charge is -2.30. The van der Waals surface area contributed by atoms with Gasteiger partial charge in [-0.1, -0.05) is 0 Å². The fourth-order valence-electron chi connectivity index (χ4n) is 2.59. The SMILES string of the molecule is CN1CCCC(CNc2cccnc2N(C)C)C1. The fourth-order valence-corrected chi connectivity index (χ4v) is 2.59. The number of aromatic nitrogens is 1. The molecule has 4 heteroatoms. The molecule has 1 aromatic rings. The number of rotatable bonds is 4. The van der Waals surface area contributed by atoms with Crippen molar-refractivity contribution in [2.45, 2.75) is 12.8 Å². The maximum Gasteiger partial charge on any atom is 0.151 e. The lowest BCUT2D eigenvalue weighted by Crippen LogP contribution is -2.35. The molecular formula is C14H24N4. The third kappa shape index (κ3) is 3.35. The van der Waals surface area contributed by atoms with Gasteiger partial charge in [0.15, 0.2) is 5.82 Å². The summed E-state index contributed by atoms with van der Waals surface area (Å²) in [5.41, 5.74) is 1.13. The zero-order valence-corrected chi connectivity index (χ0v) is 11.7. The van der Waals surface area contributed by atoms with Gasteiger partial charge < -0.3 is 15.1 Å². The first-order valence-electron chi connectivity index (χ1n) is 6.71. The number of nitrogens with zero attached hydrogens (tertiary/aromatic N) is 3. The molecule has 18 heavy (non-hydrogen) atoms. The smallest absolute Gasteiger partial charge is 0.151 e. The second kappa shape index (κ2) is 6.05. The van der Waals surface area contributed by atoms with Gasteiger partial charge in [0, 0.05) is 33.4 Å². The number of hydrogen-bond acceptors (Lipinski definition) is 4. The van der Waals surface area contributed by atoms with E-state index in [2.05, 4.69) is 33.2 Å². The largest absolute Gasteiger partial charge is 0.382 e. The van der Waals surface area contributed by atoms with E-state index in [1.165, 1.54) is 25.9 Å². The van der Waals surface area contributed by atoms with Crippen LogP contribution in [0.1, 0.15) is 12.8 Å². The normalized spacial score (nSPS) is 20.7. The van der Waals surface area contributed by atoms with Crippen LogP contribution in [0.5, 0.6) is 0 Å². The van der Waals surface area contributed by atoms with Crippen LogP contribution in [0.4, 0.5) is 11.5 Å². The Hall–Kier alpha value is -1.29. The summed E-state index contributed by atoms with van der Waals surface area (Å²) in [4.78, 5) is 8.88. The molecule has 4 nitrogen and oxygen atoms in total. The van der Waals surface area contributed by atoms with E-state index in [1.54, 1.807) is 0 Å². The van der Waals surface area contributed by atoms with E-state index in [4.69, 9.17) is 0 Å². The average Bonchev–Trinajstić information content (AvgIpc) is 2.37. The monoisotopic (exact) mass is 248 g/mol. The molecule has 0 saturated carbocycles. The van der Waals surface area contributed by atoms with Gasteiger partial charge in [0.1, 0.15) is 0 Å². The first-order valence-corrected chi connectivity index (χ1v) is 6.71. The van der Waals surface area contributed by atoms with Crippen molar-refractivity contribution in [2.75, 3.05) is 51.0 Å². The summed E-state index contributed by atoms with van der Waals surface area (Å²) in [6, 6.07) is 4.09. The highest BCUT2D eigenvalue weighted by molar-refractivity contribution is 5.64. The van der Waals surface area contributed by atoms with Crippen LogP contribution < -0.4 is 10.2 Å². The van der Waals surface area contributed by atoms with Gasteiger partial charge >= 0.3 is 0 Å². The van der Waals surface area contributed by atoms with E-state index in [9.17, 15) is 0 Å². The molecule has 2 rings (SSSR count). The molecule has 1 N–H and O–H groups in total. The lowest BCUT2D eigenvalue weighted by atomic mass is 9.98. The Kier molecular flexibility index (Phi) is 4.42. The third-order valence-corrected chi connectivity index (χ3v) is 3.51.